The van der Waals surface area contributed by atoms with Gasteiger partial charge in [-0.05, 0) is 12.2 Å². The fourth-order valence-electron chi connectivity index (χ4n) is 1.33. The zero-order valence-corrected chi connectivity index (χ0v) is 11.9. The predicted molar refractivity (Wildman–Crippen MR) is 70.7 cm³/mol. The lowest BCUT2D eigenvalue weighted by Crippen LogP contribution is -2.70. The lowest BCUT2D eigenvalue weighted by molar-refractivity contribution is -0.146. The van der Waals surface area contributed by atoms with E-state index in [-0.39, 0.29) is 36.0 Å². The maximum atomic E-state index is 11.4. The summed E-state index contributed by atoms with van der Waals surface area (Å²) >= 11 is 8.04. The molecule has 0 aromatic heterocycles. The second-order valence-electron chi connectivity index (χ2n) is 3.27. The second-order valence-corrected chi connectivity index (χ2v) is 4.37. The summed E-state index contributed by atoms with van der Waals surface area (Å²) in [4.78, 5) is 23.0. The predicted octanol–water partition coefficient (Wildman–Crippen LogP) is -0.230. The van der Waals surface area contributed by atoms with Gasteiger partial charge in [0.2, 0.25) is 5.91 Å². The molecule has 0 aromatic rings. The van der Waals surface area contributed by atoms with Gasteiger partial charge in [0.25, 0.3) is 0 Å². The van der Waals surface area contributed by atoms with E-state index in [0.717, 1.165) is 0 Å². The Balaban J connectivity index is 0.00000256. The van der Waals surface area contributed by atoms with Crippen LogP contribution in [0.25, 0.3) is 0 Å². The number of nitrogens with two attached hydrogens (primary N) is 1. The molecular formula is C8H12BrClN2O4S. The highest BCUT2D eigenvalue weighted by atomic mass is 79.9. The van der Waals surface area contributed by atoms with Gasteiger partial charge in [-0.1, -0.05) is 15.9 Å². The van der Waals surface area contributed by atoms with E-state index in [9.17, 15) is 9.59 Å². The number of carbonyl (C=O) groups is 2. The zero-order valence-electron chi connectivity index (χ0n) is 8.67. The third-order valence-corrected chi connectivity index (χ3v) is 3.11. The Labute approximate surface area is 118 Å². The third-order valence-electron chi connectivity index (χ3n) is 2.20. The standard InChI is InChI=1S/C8H11BrN2O4S.ClH/c9-1-4-7(10)8(14)11(4)2-6(16)15-3-5(12)13;/h4,7H,1-3,10H2,(H,12,13);1H/t4-,7+;/m0./s1. The Morgan fingerprint density at radius 2 is 2.24 bits per heavy atom. The fraction of sp³-hybridized carbons (Fsp3) is 0.625. The number of amides is 1. The van der Waals surface area contributed by atoms with E-state index < -0.39 is 18.6 Å². The quantitative estimate of drug-likeness (QED) is 0.405. The second kappa shape index (κ2) is 7.10. The summed E-state index contributed by atoms with van der Waals surface area (Å²) in [5, 5.41) is 9.00. The summed E-state index contributed by atoms with van der Waals surface area (Å²) in [6.07, 6.45) is 0. The Hall–Kier alpha value is -0.440. The SMILES string of the molecule is Cl.N[C@H]1C(=O)N(CC(=S)OCC(=O)O)[C@H]1CBr. The molecule has 9 heteroatoms. The summed E-state index contributed by atoms with van der Waals surface area (Å²) < 4.78 is 4.77. The molecule has 1 amide bonds. The van der Waals surface area contributed by atoms with Gasteiger partial charge in [0.1, 0.15) is 6.04 Å². The maximum Gasteiger partial charge on any atom is 0.341 e. The summed E-state index contributed by atoms with van der Waals surface area (Å²) in [6.45, 7) is -0.392. The molecule has 1 rings (SSSR count). The number of alkyl halides is 1. The number of nitrogens with zero attached hydrogens (tertiary/aromatic N) is 1. The number of carbonyl (C=O) groups excluding carboxylic acids is 1. The molecule has 0 aromatic carbocycles. The number of aliphatic carboxylic acids is 1. The van der Waals surface area contributed by atoms with Gasteiger partial charge < -0.3 is 20.5 Å². The molecule has 1 saturated heterocycles. The van der Waals surface area contributed by atoms with Gasteiger partial charge in [0.15, 0.2) is 11.7 Å². The number of rotatable bonds is 5. The van der Waals surface area contributed by atoms with Crippen LogP contribution in [0.4, 0.5) is 0 Å². The molecule has 0 saturated carbocycles. The number of β-lactam (4-membered cyclic amide) rings is 1. The minimum Gasteiger partial charge on any atom is -0.479 e. The van der Waals surface area contributed by atoms with Crippen molar-refractivity contribution in [1.29, 1.82) is 0 Å². The van der Waals surface area contributed by atoms with Crippen LogP contribution in [0.3, 0.4) is 0 Å². The number of hydrogen-bond donors (Lipinski definition) is 2. The van der Waals surface area contributed by atoms with E-state index in [1.165, 1.54) is 4.90 Å². The van der Waals surface area contributed by atoms with Crippen LogP contribution >= 0.6 is 40.6 Å². The molecule has 2 atom stereocenters. The van der Waals surface area contributed by atoms with Crippen molar-refractivity contribution in [2.75, 3.05) is 18.5 Å². The summed E-state index contributed by atoms with van der Waals surface area (Å²) in [5.74, 6) is -1.31. The largest absolute Gasteiger partial charge is 0.479 e. The summed E-state index contributed by atoms with van der Waals surface area (Å²) in [6, 6.07) is -0.625. The minimum atomic E-state index is -1.11. The highest BCUT2D eigenvalue weighted by Crippen LogP contribution is 2.20. The summed E-state index contributed by atoms with van der Waals surface area (Å²) in [5.41, 5.74) is 5.57. The monoisotopic (exact) mass is 346 g/mol. The minimum absolute atomic E-state index is 0. The zero-order chi connectivity index (χ0) is 12.3. The van der Waals surface area contributed by atoms with Crippen molar-refractivity contribution in [3.8, 4) is 0 Å². The molecule has 1 heterocycles. The van der Waals surface area contributed by atoms with Crippen LogP contribution in [0.5, 0.6) is 0 Å². The van der Waals surface area contributed by atoms with E-state index >= 15 is 0 Å². The van der Waals surface area contributed by atoms with Crippen molar-refractivity contribution in [2.24, 2.45) is 5.73 Å². The number of carboxylic acid groups (broad SMARTS) is 1. The number of thiocarbonyl (C=S) groups is 1. The summed E-state index contributed by atoms with van der Waals surface area (Å²) in [7, 11) is 0. The average Bonchev–Trinajstić information content (AvgIpc) is 2.25. The third kappa shape index (κ3) is 4.06. The van der Waals surface area contributed by atoms with Gasteiger partial charge in [-0.15, -0.1) is 12.4 Å². The van der Waals surface area contributed by atoms with Crippen LogP contribution in [0, 0.1) is 0 Å². The first-order valence-electron chi connectivity index (χ1n) is 4.46. The van der Waals surface area contributed by atoms with E-state index in [1.54, 1.807) is 0 Å². The molecule has 0 spiro atoms. The van der Waals surface area contributed by atoms with E-state index in [0.29, 0.717) is 5.33 Å². The van der Waals surface area contributed by atoms with Gasteiger partial charge >= 0.3 is 5.97 Å². The normalized spacial score (nSPS) is 22.5. The first kappa shape index (κ1) is 16.6. The van der Waals surface area contributed by atoms with Crippen LogP contribution < -0.4 is 5.73 Å². The van der Waals surface area contributed by atoms with Crippen molar-refractivity contribution in [3.05, 3.63) is 0 Å². The van der Waals surface area contributed by atoms with E-state index in [1.807, 2.05) is 0 Å². The van der Waals surface area contributed by atoms with Crippen LogP contribution in [-0.2, 0) is 14.3 Å². The van der Waals surface area contributed by atoms with Crippen LogP contribution in [-0.4, -0.2) is 57.5 Å². The molecule has 0 radical (unpaired) electrons. The number of halogens is 2. The molecule has 0 aliphatic carbocycles. The molecular weight excluding hydrogens is 336 g/mol. The van der Waals surface area contributed by atoms with Gasteiger partial charge in [-0.3, -0.25) is 4.79 Å². The molecule has 0 unspecified atom stereocenters. The van der Waals surface area contributed by atoms with Crippen molar-refractivity contribution >= 4 is 57.5 Å². The lowest BCUT2D eigenvalue weighted by Gasteiger charge is -2.44. The van der Waals surface area contributed by atoms with Crippen molar-refractivity contribution in [2.45, 2.75) is 12.1 Å². The van der Waals surface area contributed by atoms with Crippen molar-refractivity contribution < 1.29 is 19.4 Å². The molecule has 0 bridgehead atoms. The molecule has 3 N–H and O–H groups in total. The van der Waals surface area contributed by atoms with Gasteiger partial charge in [-0.25, -0.2) is 4.79 Å². The van der Waals surface area contributed by atoms with Crippen molar-refractivity contribution in [1.82, 2.24) is 4.90 Å². The Kier molecular flexibility index (Phi) is 6.91. The van der Waals surface area contributed by atoms with Crippen LogP contribution in [0.2, 0.25) is 0 Å². The fourth-order valence-corrected chi connectivity index (χ4v) is 2.28. The lowest BCUT2D eigenvalue weighted by atomic mass is 9.98. The number of ether oxygens (including phenoxy) is 1. The number of carboxylic acids is 1. The average molecular weight is 348 g/mol. The molecule has 17 heavy (non-hydrogen) atoms. The first-order chi connectivity index (χ1) is 7.47. The molecule has 1 aliphatic heterocycles. The Morgan fingerprint density at radius 1 is 1.65 bits per heavy atom. The first-order valence-corrected chi connectivity index (χ1v) is 5.99. The van der Waals surface area contributed by atoms with Gasteiger partial charge in [0, 0.05) is 5.33 Å². The molecule has 1 fully saturated rings. The Bertz CT molecular complexity index is 331. The smallest absolute Gasteiger partial charge is 0.341 e. The maximum absolute atomic E-state index is 11.4. The molecule has 98 valence electrons. The number of likely N-dealkylation sites (tertiary alicyclic amines) is 1. The van der Waals surface area contributed by atoms with Crippen LogP contribution in [0.1, 0.15) is 0 Å². The molecule has 1 aliphatic rings. The molecule has 6 nitrogen and oxygen atoms in total. The van der Waals surface area contributed by atoms with Crippen LogP contribution in [0.15, 0.2) is 0 Å². The van der Waals surface area contributed by atoms with Crippen molar-refractivity contribution in [3.63, 3.8) is 0 Å². The highest BCUT2D eigenvalue weighted by Gasteiger charge is 2.44. The Morgan fingerprint density at radius 3 is 2.71 bits per heavy atom. The van der Waals surface area contributed by atoms with Gasteiger partial charge in [-0.2, -0.15) is 0 Å². The number of hydrogen-bond acceptors (Lipinski definition) is 5. The van der Waals surface area contributed by atoms with Gasteiger partial charge in [0.05, 0.1) is 12.6 Å². The van der Waals surface area contributed by atoms with E-state index in [2.05, 4.69) is 15.9 Å². The highest BCUT2D eigenvalue weighted by molar-refractivity contribution is 9.09. The topological polar surface area (TPSA) is 92.9 Å². The van der Waals surface area contributed by atoms with E-state index in [4.69, 9.17) is 27.8 Å².